The summed E-state index contributed by atoms with van der Waals surface area (Å²) in [4.78, 5) is 2.20. The van der Waals surface area contributed by atoms with Crippen molar-refractivity contribution in [3.05, 3.63) is 89.9 Å². The molecule has 204 valence electrons. The van der Waals surface area contributed by atoms with Gasteiger partial charge in [0.2, 0.25) is 5.89 Å². The van der Waals surface area contributed by atoms with Gasteiger partial charge in [0.15, 0.2) is 9.84 Å². The predicted molar refractivity (Wildman–Crippen MR) is 132 cm³/mol. The van der Waals surface area contributed by atoms with Gasteiger partial charge in [0.25, 0.3) is 0 Å². The van der Waals surface area contributed by atoms with Gasteiger partial charge < -0.3 is 9.15 Å². The summed E-state index contributed by atoms with van der Waals surface area (Å²) in [5.74, 6) is 0.390. The summed E-state index contributed by atoms with van der Waals surface area (Å²) in [7, 11) is -13.1. The molecule has 0 aliphatic carbocycles. The van der Waals surface area contributed by atoms with Gasteiger partial charge in [-0.05, 0) is 41.5 Å². The molecule has 2 aromatic heterocycles. The van der Waals surface area contributed by atoms with E-state index < -0.39 is 25.0 Å². The van der Waals surface area contributed by atoms with E-state index in [1.54, 1.807) is 30.5 Å². The van der Waals surface area contributed by atoms with Crippen molar-refractivity contribution in [2.24, 2.45) is 0 Å². The number of nitrogens with zero attached hydrogens (tertiary/aromatic N) is 4. The maximum atomic E-state index is 12.8. The van der Waals surface area contributed by atoms with E-state index >= 15 is 0 Å². The van der Waals surface area contributed by atoms with Gasteiger partial charge >= 0.3 is 10.2 Å². The van der Waals surface area contributed by atoms with Crippen molar-refractivity contribution in [2.75, 3.05) is 5.75 Å². The molecule has 0 aliphatic rings. The zero-order valence-electron chi connectivity index (χ0n) is 19.5. The molecule has 0 atom stereocenters. The molecule has 0 bridgehead atoms. The van der Waals surface area contributed by atoms with E-state index in [1.807, 2.05) is 0 Å². The molecule has 0 radical (unpaired) electrons. The van der Waals surface area contributed by atoms with Crippen LogP contribution in [0.1, 0.15) is 22.7 Å². The molecule has 0 saturated heterocycles. The van der Waals surface area contributed by atoms with Crippen molar-refractivity contribution >= 4 is 32.2 Å². The minimum Gasteiger partial charge on any atom is -0.487 e. The fourth-order valence-electron chi connectivity index (χ4n) is 3.22. The van der Waals surface area contributed by atoms with E-state index in [1.165, 1.54) is 29.3 Å². The molecule has 0 aliphatic heterocycles. The molecule has 2 heterocycles. The molecule has 0 spiro atoms. The van der Waals surface area contributed by atoms with Gasteiger partial charge in [0.05, 0.1) is 24.2 Å². The van der Waals surface area contributed by atoms with E-state index in [4.69, 9.17) is 9.15 Å². The average Bonchev–Trinajstić information content (AvgIpc) is 3.52. The Labute approximate surface area is 214 Å². The fraction of sp³-hybridized carbons (Fsp3) is 0.174. The zero-order valence-corrected chi connectivity index (χ0v) is 21.1. The number of hydrogen-bond donors (Lipinski definition) is 0. The number of rotatable bonds is 11. The van der Waals surface area contributed by atoms with Crippen LogP contribution in [0.3, 0.4) is 0 Å². The molecule has 0 saturated carbocycles. The third-order valence-electron chi connectivity index (χ3n) is 5.11. The second kappa shape index (κ2) is 9.54. The Morgan fingerprint density at radius 2 is 1.68 bits per heavy atom. The van der Waals surface area contributed by atoms with Gasteiger partial charge in [0, 0.05) is 12.3 Å². The van der Waals surface area contributed by atoms with E-state index in [2.05, 4.69) is 15.3 Å². The Balaban J connectivity index is 1.28. The molecule has 0 fully saturated rings. The van der Waals surface area contributed by atoms with Crippen LogP contribution < -0.4 is 4.74 Å². The lowest BCUT2D eigenvalue weighted by Crippen LogP contribution is -2.15. The number of hydrogen-bond acceptors (Lipinski definition) is 7. The summed E-state index contributed by atoms with van der Waals surface area (Å²) < 4.78 is 101. The number of benzene rings is 2. The third kappa shape index (κ3) is 7.89. The monoisotopic (exact) mass is 576 g/mol. The van der Waals surface area contributed by atoms with Crippen LogP contribution >= 0.6 is 10.2 Å². The maximum Gasteiger partial charge on any atom is 0.310 e. The Morgan fingerprint density at radius 1 is 0.974 bits per heavy atom. The van der Waals surface area contributed by atoms with Crippen LogP contribution in [0.25, 0.3) is 12.2 Å². The van der Waals surface area contributed by atoms with Crippen LogP contribution in [-0.4, -0.2) is 34.1 Å². The Hall–Kier alpha value is -3.72. The first kappa shape index (κ1) is 27.3. The summed E-state index contributed by atoms with van der Waals surface area (Å²) in [6.45, 7) is 0.244. The highest BCUT2D eigenvalue weighted by Gasteiger charge is 2.65. The summed E-state index contributed by atoms with van der Waals surface area (Å²) in [6, 6.07) is 9.02. The summed E-state index contributed by atoms with van der Waals surface area (Å²) in [6.07, 6.45) is 7.12. The van der Waals surface area contributed by atoms with Crippen molar-refractivity contribution in [1.82, 2.24) is 20.0 Å². The molecule has 2 aromatic carbocycles. The molecule has 0 amide bonds. The van der Waals surface area contributed by atoms with Crippen LogP contribution in [0.15, 0.2) is 76.5 Å². The minimum atomic E-state index is -9.71. The number of aryl methyl sites for hydroxylation is 1. The molecular formula is C23H21F5N4O4S2. The van der Waals surface area contributed by atoms with E-state index in [-0.39, 0.29) is 36.1 Å². The number of aromatic nitrogens is 4. The molecule has 15 heteroatoms. The molecule has 0 unspecified atom stereocenters. The highest BCUT2D eigenvalue weighted by atomic mass is 32.5. The number of ether oxygens (including phenoxy) is 1. The van der Waals surface area contributed by atoms with Gasteiger partial charge in [0.1, 0.15) is 29.2 Å². The Bertz CT molecular complexity index is 1520. The molecule has 4 aromatic rings. The lowest BCUT2D eigenvalue weighted by Gasteiger charge is -2.40. The second-order valence-corrected chi connectivity index (χ2v) is 12.8. The van der Waals surface area contributed by atoms with Crippen LogP contribution in [0, 0.1) is 0 Å². The average molecular weight is 577 g/mol. The number of oxazole rings is 1. The largest absolute Gasteiger partial charge is 0.487 e. The van der Waals surface area contributed by atoms with Gasteiger partial charge in [-0.15, -0.1) is 5.10 Å². The van der Waals surface area contributed by atoms with E-state index in [0.29, 0.717) is 29.1 Å². The normalized spacial score (nSPS) is 14.3. The van der Waals surface area contributed by atoms with Gasteiger partial charge in [-0.1, -0.05) is 48.9 Å². The standard InChI is InChI=1S/C23H21F5N4O4S2/c24-38(25,26,27,28)22-8-3-18(4-9-22)5-10-23-30-20(16-36-23)15-35-21-6-1-19(2-7-21)17-37(33,34)14-13-32-12-11-29-31-32/h1-12,16H,13-15,17H2. The van der Waals surface area contributed by atoms with Crippen LogP contribution in [0.4, 0.5) is 19.4 Å². The van der Waals surface area contributed by atoms with E-state index in [0.717, 1.165) is 12.1 Å². The maximum absolute atomic E-state index is 12.8. The van der Waals surface area contributed by atoms with Crippen molar-refractivity contribution in [3.63, 3.8) is 0 Å². The first-order valence-electron chi connectivity index (χ1n) is 10.9. The summed E-state index contributed by atoms with van der Waals surface area (Å²) in [5.41, 5.74) is 1.26. The van der Waals surface area contributed by atoms with Gasteiger partial charge in [-0.3, -0.25) is 4.68 Å². The van der Waals surface area contributed by atoms with Crippen molar-refractivity contribution in [2.45, 2.75) is 23.8 Å². The first-order chi connectivity index (χ1) is 17.6. The molecular weight excluding hydrogens is 555 g/mol. The molecule has 0 N–H and O–H groups in total. The number of sulfone groups is 1. The lowest BCUT2D eigenvalue weighted by molar-refractivity contribution is 0.301. The highest BCUT2D eigenvalue weighted by molar-refractivity contribution is 8.45. The Morgan fingerprint density at radius 3 is 2.32 bits per heavy atom. The van der Waals surface area contributed by atoms with Crippen LogP contribution in [-0.2, 0) is 28.7 Å². The minimum absolute atomic E-state index is 0.0332. The fourth-order valence-corrected chi connectivity index (χ4v) is 5.18. The van der Waals surface area contributed by atoms with E-state index in [9.17, 15) is 27.8 Å². The first-order valence-corrected chi connectivity index (χ1v) is 14.7. The summed E-state index contributed by atoms with van der Waals surface area (Å²) in [5, 5.41) is 7.37. The van der Waals surface area contributed by atoms with Crippen LogP contribution in [0.2, 0.25) is 0 Å². The van der Waals surface area contributed by atoms with Crippen molar-refractivity contribution in [3.8, 4) is 5.75 Å². The number of halogens is 5. The van der Waals surface area contributed by atoms with Gasteiger partial charge in [-0.2, -0.15) is 0 Å². The quantitative estimate of drug-likeness (QED) is 0.194. The third-order valence-corrected chi connectivity index (χ3v) is 7.85. The topological polar surface area (TPSA) is 100 Å². The van der Waals surface area contributed by atoms with Crippen LogP contribution in [0.5, 0.6) is 5.75 Å². The predicted octanol–water partition coefficient (Wildman–Crippen LogP) is 6.29. The molecule has 8 nitrogen and oxygen atoms in total. The Kier molecular flexibility index (Phi) is 6.86. The lowest BCUT2D eigenvalue weighted by atomic mass is 10.2. The molecule has 4 rings (SSSR count). The second-order valence-electron chi connectivity index (χ2n) is 8.24. The van der Waals surface area contributed by atoms with Crippen molar-refractivity contribution in [1.29, 1.82) is 0 Å². The zero-order chi connectivity index (χ0) is 27.5. The van der Waals surface area contributed by atoms with Gasteiger partial charge in [-0.25, -0.2) is 13.4 Å². The smallest absolute Gasteiger partial charge is 0.310 e. The molecule has 38 heavy (non-hydrogen) atoms. The SMILES string of the molecule is O=S(=O)(CCn1ccnn1)Cc1ccc(OCc2coc(C=Cc3ccc(S(F)(F)(F)(F)F)cc3)n2)cc1. The van der Waals surface area contributed by atoms with Crippen molar-refractivity contribution < 1.29 is 37.0 Å². The highest BCUT2D eigenvalue weighted by Crippen LogP contribution is 3.02. The summed E-state index contributed by atoms with van der Waals surface area (Å²) >= 11 is 0.